The monoisotopic (exact) mass is 397 g/mol. The molecule has 1 saturated heterocycles. The number of piperazine rings is 1. The van der Waals surface area contributed by atoms with Crippen molar-refractivity contribution in [1.82, 2.24) is 14.9 Å². The van der Waals surface area contributed by atoms with E-state index in [2.05, 4.69) is 9.97 Å². The molecule has 1 aromatic rings. The molecule has 0 aromatic carbocycles. The lowest BCUT2D eigenvalue weighted by molar-refractivity contribution is 0.0145. The van der Waals surface area contributed by atoms with Gasteiger partial charge in [0.1, 0.15) is 17.5 Å². The van der Waals surface area contributed by atoms with Gasteiger partial charge in [0.25, 0.3) is 0 Å². The van der Waals surface area contributed by atoms with E-state index in [-0.39, 0.29) is 23.3 Å². The number of hydrogen-bond acceptors (Lipinski definition) is 7. The first kappa shape index (κ1) is 19.9. The molecule has 2 unspecified atom stereocenters. The van der Waals surface area contributed by atoms with E-state index >= 15 is 0 Å². The minimum Gasteiger partial charge on any atom is -0.444 e. The quantitative estimate of drug-likeness (QED) is 0.729. The van der Waals surface area contributed by atoms with Crippen LogP contribution in [0.25, 0.3) is 0 Å². The Kier molecular flexibility index (Phi) is 5.16. The summed E-state index contributed by atoms with van der Waals surface area (Å²) in [6, 6.07) is -0.324. The number of likely N-dealkylation sites (N-methyl/N-ethyl adjacent to an activating group) is 1. The molecule has 27 heavy (non-hydrogen) atoms. The molecule has 0 bridgehead atoms. The first-order valence-electron chi connectivity index (χ1n) is 9.22. The molecule has 0 aliphatic carbocycles. The number of halogens is 1. The molecule has 1 fully saturated rings. The zero-order valence-electron chi connectivity index (χ0n) is 16.7. The Morgan fingerprint density at radius 3 is 2.56 bits per heavy atom. The van der Waals surface area contributed by atoms with E-state index in [0.29, 0.717) is 25.5 Å². The van der Waals surface area contributed by atoms with Gasteiger partial charge in [0.15, 0.2) is 5.82 Å². The van der Waals surface area contributed by atoms with E-state index in [4.69, 9.17) is 16.3 Å². The molecule has 8 nitrogen and oxygen atoms in total. The molecule has 3 heterocycles. The van der Waals surface area contributed by atoms with Crippen LogP contribution in [0.5, 0.6) is 0 Å². The molecule has 3 rings (SSSR count). The van der Waals surface area contributed by atoms with Crippen LogP contribution in [-0.2, 0) is 4.74 Å². The standard InChI is InChI=1S/C18H28ClN5O3/c1-10(2)12-13-14(21-16(19)20-12)24-8-7-23(17(26)27-18(3,4)5)9-11(24)15(25)22(13)6/h10-11,15,25H,7-9H2,1-6H3. The summed E-state index contributed by atoms with van der Waals surface area (Å²) < 4.78 is 5.48. The summed E-state index contributed by atoms with van der Waals surface area (Å²) in [6.07, 6.45) is -1.17. The lowest BCUT2D eigenvalue weighted by Crippen LogP contribution is -2.65. The zero-order valence-corrected chi connectivity index (χ0v) is 17.5. The summed E-state index contributed by atoms with van der Waals surface area (Å²) in [5, 5.41) is 11.1. The Morgan fingerprint density at radius 2 is 1.96 bits per heavy atom. The molecule has 150 valence electrons. The highest BCUT2D eigenvalue weighted by Gasteiger charge is 2.44. The van der Waals surface area contributed by atoms with Crippen LogP contribution in [0.4, 0.5) is 16.3 Å². The number of amides is 1. The second-order valence-corrected chi connectivity index (χ2v) is 8.75. The molecule has 0 spiro atoms. The Hall–Kier alpha value is -1.80. The highest BCUT2D eigenvalue weighted by atomic mass is 35.5. The fraction of sp³-hybridized carbons (Fsp3) is 0.722. The predicted octanol–water partition coefficient (Wildman–Crippen LogP) is 2.45. The summed E-state index contributed by atoms with van der Waals surface area (Å²) >= 11 is 6.18. The maximum Gasteiger partial charge on any atom is 0.410 e. The maximum atomic E-state index is 12.5. The van der Waals surface area contributed by atoms with E-state index in [9.17, 15) is 9.90 Å². The fourth-order valence-corrected chi connectivity index (χ4v) is 3.76. The van der Waals surface area contributed by atoms with Gasteiger partial charge in [0, 0.05) is 26.7 Å². The number of aliphatic hydroxyl groups is 1. The first-order chi connectivity index (χ1) is 12.5. The van der Waals surface area contributed by atoms with Crippen molar-refractivity contribution in [2.75, 3.05) is 36.5 Å². The van der Waals surface area contributed by atoms with Crippen LogP contribution in [-0.4, -0.2) is 70.6 Å². The molecule has 1 N–H and O–H groups in total. The Labute approximate surface area is 165 Å². The Bertz CT molecular complexity index is 736. The first-order valence-corrected chi connectivity index (χ1v) is 9.60. The molecule has 1 aromatic heterocycles. The number of aromatic nitrogens is 2. The number of aliphatic hydroxyl groups excluding tert-OH is 1. The highest BCUT2D eigenvalue weighted by Crippen LogP contribution is 2.41. The highest BCUT2D eigenvalue weighted by molar-refractivity contribution is 6.28. The third kappa shape index (κ3) is 3.78. The number of ether oxygens (including phenoxy) is 1. The fourth-order valence-electron chi connectivity index (χ4n) is 3.58. The second-order valence-electron chi connectivity index (χ2n) is 8.42. The van der Waals surface area contributed by atoms with Gasteiger partial charge in [0.05, 0.1) is 11.7 Å². The zero-order chi connectivity index (χ0) is 20.1. The Balaban J connectivity index is 1.93. The van der Waals surface area contributed by atoms with E-state index in [1.54, 1.807) is 9.80 Å². The minimum absolute atomic E-state index is 0.133. The van der Waals surface area contributed by atoms with Crippen LogP contribution in [0.1, 0.15) is 46.2 Å². The van der Waals surface area contributed by atoms with Crippen molar-refractivity contribution in [2.45, 2.75) is 58.4 Å². The number of hydrogen-bond donors (Lipinski definition) is 1. The topological polar surface area (TPSA) is 82.0 Å². The summed E-state index contributed by atoms with van der Waals surface area (Å²) in [5.74, 6) is 0.842. The molecule has 0 saturated carbocycles. The number of anilines is 2. The normalized spacial score (nSPS) is 22.6. The van der Waals surface area contributed by atoms with Crippen molar-refractivity contribution < 1.29 is 14.6 Å². The summed E-state index contributed by atoms with van der Waals surface area (Å²) in [5.41, 5.74) is 1.04. The summed E-state index contributed by atoms with van der Waals surface area (Å²) in [7, 11) is 1.82. The molecule has 2 aliphatic heterocycles. The van der Waals surface area contributed by atoms with E-state index in [0.717, 1.165) is 11.4 Å². The number of carbonyl (C=O) groups is 1. The average molecular weight is 398 g/mol. The average Bonchev–Trinajstić information content (AvgIpc) is 2.56. The molecular weight excluding hydrogens is 370 g/mol. The van der Waals surface area contributed by atoms with Crippen LogP contribution in [0.2, 0.25) is 5.28 Å². The van der Waals surface area contributed by atoms with Crippen molar-refractivity contribution in [1.29, 1.82) is 0 Å². The summed E-state index contributed by atoms with van der Waals surface area (Å²) in [6.45, 7) is 11.0. The number of rotatable bonds is 1. The largest absolute Gasteiger partial charge is 0.444 e. The second kappa shape index (κ2) is 6.98. The SMILES string of the molecule is CC(C)c1nc(Cl)nc2c1N(C)C(O)C1CN(C(=O)OC(C)(C)C)CCN21. The van der Waals surface area contributed by atoms with Crippen LogP contribution in [0.3, 0.4) is 0 Å². The molecule has 9 heteroatoms. The van der Waals surface area contributed by atoms with Gasteiger partial charge >= 0.3 is 6.09 Å². The molecule has 1 amide bonds. The molecule has 0 radical (unpaired) electrons. The number of nitrogens with zero attached hydrogens (tertiary/aromatic N) is 5. The van der Waals surface area contributed by atoms with Crippen LogP contribution < -0.4 is 9.80 Å². The van der Waals surface area contributed by atoms with Crippen LogP contribution >= 0.6 is 11.6 Å². The summed E-state index contributed by atoms with van der Waals surface area (Å²) in [4.78, 5) is 26.7. The van der Waals surface area contributed by atoms with Crippen molar-refractivity contribution >= 4 is 29.2 Å². The predicted molar refractivity (Wildman–Crippen MR) is 104 cm³/mol. The lowest BCUT2D eigenvalue weighted by Gasteiger charge is -2.50. The molecule has 2 aliphatic rings. The molecule has 2 atom stereocenters. The van der Waals surface area contributed by atoms with Gasteiger partial charge in [-0.15, -0.1) is 0 Å². The van der Waals surface area contributed by atoms with Gasteiger partial charge in [-0.3, -0.25) is 0 Å². The lowest BCUT2D eigenvalue weighted by atomic mass is 10.0. The van der Waals surface area contributed by atoms with Gasteiger partial charge in [-0.2, -0.15) is 4.98 Å². The third-order valence-corrected chi connectivity index (χ3v) is 5.02. The Morgan fingerprint density at radius 1 is 1.30 bits per heavy atom. The minimum atomic E-state index is -0.801. The van der Waals surface area contributed by atoms with Gasteiger partial charge in [-0.1, -0.05) is 13.8 Å². The maximum absolute atomic E-state index is 12.5. The van der Waals surface area contributed by atoms with Gasteiger partial charge in [-0.05, 0) is 38.3 Å². The van der Waals surface area contributed by atoms with Crippen molar-refractivity contribution in [3.05, 3.63) is 11.0 Å². The van der Waals surface area contributed by atoms with Crippen molar-refractivity contribution in [3.8, 4) is 0 Å². The van der Waals surface area contributed by atoms with Crippen molar-refractivity contribution in [3.63, 3.8) is 0 Å². The van der Waals surface area contributed by atoms with Crippen LogP contribution in [0.15, 0.2) is 0 Å². The van der Waals surface area contributed by atoms with Gasteiger partial charge < -0.3 is 24.5 Å². The van der Waals surface area contributed by atoms with Crippen molar-refractivity contribution in [2.24, 2.45) is 0 Å². The van der Waals surface area contributed by atoms with E-state index < -0.39 is 11.8 Å². The van der Waals surface area contributed by atoms with Crippen LogP contribution in [0, 0.1) is 0 Å². The smallest absolute Gasteiger partial charge is 0.410 e. The van der Waals surface area contributed by atoms with E-state index in [1.165, 1.54) is 0 Å². The third-order valence-electron chi connectivity index (χ3n) is 4.85. The van der Waals surface area contributed by atoms with Gasteiger partial charge in [0.2, 0.25) is 5.28 Å². The number of carbonyl (C=O) groups excluding carboxylic acids is 1. The van der Waals surface area contributed by atoms with E-state index in [1.807, 2.05) is 46.6 Å². The van der Waals surface area contributed by atoms with Gasteiger partial charge in [-0.25, -0.2) is 9.78 Å². The molecular formula is C18H28ClN5O3. The number of fused-ring (bicyclic) bond motifs is 3.